The van der Waals surface area contributed by atoms with Crippen LogP contribution in [0.4, 0.5) is 0 Å². The Bertz CT molecular complexity index is 2070. The van der Waals surface area contributed by atoms with Crippen molar-refractivity contribution in [3.63, 3.8) is 0 Å². The first kappa shape index (κ1) is 29.9. The fourth-order valence-corrected chi connectivity index (χ4v) is 9.79. The van der Waals surface area contributed by atoms with E-state index >= 15 is 0 Å². The Morgan fingerprint density at radius 2 is 1.76 bits per heavy atom. The van der Waals surface area contributed by atoms with Gasteiger partial charge in [-0.3, -0.25) is 4.99 Å². The Kier molecular flexibility index (Phi) is 7.05. The van der Waals surface area contributed by atoms with E-state index in [0.717, 1.165) is 58.3 Å². The van der Waals surface area contributed by atoms with Crippen molar-refractivity contribution in [3.8, 4) is 11.3 Å². The molecule has 0 saturated carbocycles. The van der Waals surface area contributed by atoms with Crippen LogP contribution in [-0.2, 0) is 6.42 Å². The molecule has 4 nitrogen and oxygen atoms in total. The smallest absolute Gasteiger partial charge is 0.227 e. The third-order valence-electron chi connectivity index (χ3n) is 10.4. The highest BCUT2D eigenvalue weighted by atomic mass is 28.3. The van der Waals surface area contributed by atoms with Gasteiger partial charge in [-0.15, -0.1) is 0 Å². The zero-order chi connectivity index (χ0) is 31.9. The molecule has 0 aliphatic carbocycles. The zero-order valence-electron chi connectivity index (χ0n) is 28.4. The molecule has 0 N–H and O–H groups in total. The summed E-state index contributed by atoms with van der Waals surface area (Å²) in [7, 11) is -1.60. The maximum atomic E-state index is 6.60. The van der Waals surface area contributed by atoms with E-state index in [-0.39, 0.29) is 6.04 Å². The van der Waals surface area contributed by atoms with E-state index in [1.807, 2.05) is 0 Å². The highest BCUT2D eigenvalue weighted by Gasteiger charge is 2.42. The van der Waals surface area contributed by atoms with Crippen LogP contribution in [0.15, 0.2) is 70.3 Å². The molecule has 45 heavy (non-hydrogen) atoms. The monoisotopic (exact) mass is 612 g/mol. The van der Waals surface area contributed by atoms with Gasteiger partial charge in [0.05, 0.1) is 14.5 Å². The number of benzene rings is 2. The lowest BCUT2D eigenvalue weighted by Gasteiger charge is -2.33. The summed E-state index contributed by atoms with van der Waals surface area (Å²) in [6.07, 6.45) is 5.33. The van der Waals surface area contributed by atoms with Gasteiger partial charge in [0.15, 0.2) is 12.2 Å². The van der Waals surface area contributed by atoms with E-state index < -0.39 is 8.07 Å². The number of hydrogen-bond acceptors (Lipinski definition) is 3. The van der Waals surface area contributed by atoms with Crippen LogP contribution in [0.1, 0.15) is 90.6 Å². The van der Waals surface area contributed by atoms with Crippen molar-refractivity contribution in [1.29, 1.82) is 0 Å². The van der Waals surface area contributed by atoms with Crippen molar-refractivity contribution >= 4 is 41.0 Å². The van der Waals surface area contributed by atoms with Crippen LogP contribution in [0.3, 0.4) is 0 Å². The van der Waals surface area contributed by atoms with Crippen LogP contribution < -0.4 is 9.75 Å². The van der Waals surface area contributed by atoms with Crippen molar-refractivity contribution in [2.45, 2.75) is 98.3 Å². The molecule has 0 saturated heterocycles. The zero-order valence-corrected chi connectivity index (χ0v) is 29.4. The molecule has 2 unspecified atom stereocenters. The SMILES string of the molecule is C=C1CC2C(CCc3cc(C)c4c(oc5nc(C)c(C)cc54)c3C(C)=N1)c1ccccc1-c1cc(C(C)C)c([Si](C)(C)C)c[n+]12. The van der Waals surface area contributed by atoms with Gasteiger partial charge in [0.25, 0.3) is 0 Å². The van der Waals surface area contributed by atoms with Gasteiger partial charge in [-0.1, -0.05) is 64.3 Å². The molecule has 0 fully saturated rings. The average Bonchev–Trinajstić information content (AvgIpc) is 3.33. The highest BCUT2D eigenvalue weighted by molar-refractivity contribution is 6.89. The molecule has 7 rings (SSSR count). The number of rotatable bonds is 2. The van der Waals surface area contributed by atoms with Crippen LogP contribution >= 0.6 is 0 Å². The van der Waals surface area contributed by atoms with E-state index in [1.54, 1.807) is 5.19 Å². The molecule has 0 radical (unpaired) electrons. The largest absolute Gasteiger partial charge is 0.437 e. The second-order valence-corrected chi connectivity index (χ2v) is 19.9. The molecule has 230 valence electrons. The fraction of sp³-hybridized carbons (Fsp3) is 0.375. The van der Waals surface area contributed by atoms with Crippen molar-refractivity contribution in [2.75, 3.05) is 0 Å². The number of pyridine rings is 2. The average molecular weight is 613 g/mol. The summed E-state index contributed by atoms with van der Waals surface area (Å²) in [4.78, 5) is 10.1. The minimum Gasteiger partial charge on any atom is -0.437 e. The first-order valence-corrected chi connectivity index (χ1v) is 20.1. The van der Waals surface area contributed by atoms with Crippen LogP contribution in [0.5, 0.6) is 0 Å². The van der Waals surface area contributed by atoms with Crippen molar-refractivity contribution in [2.24, 2.45) is 4.99 Å². The lowest BCUT2D eigenvalue weighted by atomic mass is 9.77. The lowest BCUT2D eigenvalue weighted by molar-refractivity contribution is -0.717. The quantitative estimate of drug-likeness (QED) is 0.147. The van der Waals surface area contributed by atoms with E-state index in [0.29, 0.717) is 17.5 Å². The standard InChI is InChI=1S/C40H46N3OSi/c1-22(2)32-20-35-30-14-12-11-13-29(30)31-16-15-28-17-24(4)37-33-18-23(3)26(6)42-40(33)44-39(37)38(28)27(7)41-25(5)19-34(31)43(35)21-36(32)45(8,9)10/h11-14,17-18,20-22,31,34H,5,15-16,19H2,1-4,6-10H3/q+1. The number of fused-ring (bicyclic) bond motifs is 11. The number of aliphatic imine (C=N–C) groups is 1. The Morgan fingerprint density at radius 3 is 2.49 bits per heavy atom. The number of furan rings is 1. The van der Waals surface area contributed by atoms with Crippen molar-refractivity contribution < 1.29 is 8.98 Å². The molecule has 5 heterocycles. The number of hydrogen-bond donors (Lipinski definition) is 0. The van der Waals surface area contributed by atoms with E-state index in [2.05, 4.69) is 121 Å². The molecule has 2 aliphatic rings. The molecular formula is C40H46N3OSi+. The molecule has 2 atom stereocenters. The van der Waals surface area contributed by atoms with Gasteiger partial charge in [-0.05, 0) is 86.4 Å². The van der Waals surface area contributed by atoms with Gasteiger partial charge in [-0.25, -0.2) is 4.98 Å². The molecular weight excluding hydrogens is 567 g/mol. The summed E-state index contributed by atoms with van der Waals surface area (Å²) in [6, 6.07) is 16.5. The minimum atomic E-state index is -1.60. The first-order valence-electron chi connectivity index (χ1n) is 16.6. The molecule has 0 spiro atoms. The number of aryl methyl sites for hydroxylation is 4. The van der Waals surface area contributed by atoms with Gasteiger partial charge in [-0.2, -0.15) is 4.57 Å². The van der Waals surface area contributed by atoms with Gasteiger partial charge >= 0.3 is 0 Å². The van der Waals surface area contributed by atoms with Gasteiger partial charge in [0.1, 0.15) is 5.58 Å². The van der Waals surface area contributed by atoms with Crippen LogP contribution in [0.25, 0.3) is 33.3 Å². The van der Waals surface area contributed by atoms with E-state index in [4.69, 9.17) is 14.4 Å². The normalized spacial score (nSPS) is 18.4. The number of nitrogens with zero attached hydrogens (tertiary/aromatic N) is 3. The summed E-state index contributed by atoms with van der Waals surface area (Å²) < 4.78 is 9.22. The second kappa shape index (κ2) is 10.6. The predicted molar refractivity (Wildman–Crippen MR) is 191 cm³/mol. The number of aromatic nitrogens is 2. The summed E-state index contributed by atoms with van der Waals surface area (Å²) in [6.45, 7) is 25.2. The molecule has 5 heteroatoms. The summed E-state index contributed by atoms with van der Waals surface area (Å²) in [5.74, 6) is 0.821. The molecule has 2 aromatic carbocycles. The van der Waals surface area contributed by atoms with Crippen LogP contribution in [0.2, 0.25) is 19.6 Å². The molecule has 5 aromatic rings. The van der Waals surface area contributed by atoms with Crippen LogP contribution in [-0.4, -0.2) is 18.8 Å². The van der Waals surface area contributed by atoms with Crippen molar-refractivity contribution in [1.82, 2.24) is 4.98 Å². The van der Waals surface area contributed by atoms with Gasteiger partial charge < -0.3 is 4.42 Å². The third kappa shape index (κ3) is 4.82. The maximum absolute atomic E-state index is 6.60. The summed E-state index contributed by atoms with van der Waals surface area (Å²) >= 11 is 0. The second-order valence-electron chi connectivity index (χ2n) is 14.9. The van der Waals surface area contributed by atoms with E-state index in [1.165, 1.54) is 39.1 Å². The number of allylic oxidation sites excluding steroid dienone is 1. The molecule has 0 amide bonds. The first-order chi connectivity index (χ1) is 21.3. The maximum Gasteiger partial charge on any atom is 0.227 e. The Morgan fingerprint density at radius 1 is 1.00 bits per heavy atom. The molecule has 3 aromatic heterocycles. The Balaban J connectivity index is 1.44. The summed E-state index contributed by atoms with van der Waals surface area (Å²) in [5.41, 5.74) is 15.0. The topological polar surface area (TPSA) is 42.3 Å². The van der Waals surface area contributed by atoms with Gasteiger partial charge in [0, 0.05) is 56.2 Å². The molecule has 0 bridgehead atoms. The minimum absolute atomic E-state index is 0.253. The third-order valence-corrected chi connectivity index (χ3v) is 12.4. The van der Waals surface area contributed by atoms with E-state index in [9.17, 15) is 0 Å². The Hall–Kier alpha value is -3.83. The summed E-state index contributed by atoms with van der Waals surface area (Å²) in [5, 5.41) is 3.81. The Labute approximate surface area is 268 Å². The fourth-order valence-electron chi connectivity index (χ4n) is 8.04. The van der Waals surface area contributed by atoms with Crippen molar-refractivity contribution in [3.05, 3.63) is 100 Å². The molecule has 2 aliphatic heterocycles. The van der Waals surface area contributed by atoms with Gasteiger partial charge in [0.2, 0.25) is 11.4 Å². The lowest BCUT2D eigenvalue weighted by Crippen LogP contribution is -2.54. The highest BCUT2D eigenvalue weighted by Crippen LogP contribution is 2.45. The van der Waals surface area contributed by atoms with Crippen LogP contribution in [0, 0.1) is 20.8 Å². The predicted octanol–water partition coefficient (Wildman–Crippen LogP) is 9.53.